The number of rotatable bonds is 3. The van der Waals surface area contributed by atoms with Crippen molar-refractivity contribution >= 4 is 35.1 Å². The van der Waals surface area contributed by atoms with Crippen LogP contribution in [-0.2, 0) is 9.30 Å². The molecule has 0 spiro atoms. The van der Waals surface area contributed by atoms with E-state index in [1.165, 1.54) is 0 Å². The van der Waals surface area contributed by atoms with Gasteiger partial charge >= 0.3 is 0 Å². The van der Waals surface area contributed by atoms with Crippen LogP contribution >= 0.6 is 7.80 Å². The van der Waals surface area contributed by atoms with Gasteiger partial charge in [-0.2, -0.15) is 0 Å². The maximum Gasteiger partial charge on any atom is 0.217 e. The van der Waals surface area contributed by atoms with Gasteiger partial charge in [0.05, 0.1) is 6.54 Å². The van der Waals surface area contributed by atoms with E-state index in [9.17, 15) is 4.57 Å². The maximum atomic E-state index is 13.3. The van der Waals surface area contributed by atoms with E-state index in [-0.39, 0.29) is 0 Å². The van der Waals surface area contributed by atoms with Crippen LogP contribution in [0.25, 0.3) is 10.8 Å². The molecule has 0 saturated carbocycles. The van der Waals surface area contributed by atoms with E-state index >= 15 is 0 Å². The van der Waals surface area contributed by atoms with E-state index in [4.69, 9.17) is 4.74 Å². The van der Waals surface area contributed by atoms with Crippen molar-refractivity contribution in [3.8, 4) is 0 Å². The van der Waals surface area contributed by atoms with Crippen molar-refractivity contribution in [2.75, 3.05) is 13.2 Å². The zero-order chi connectivity index (χ0) is 15.6. The molecule has 114 valence electrons. The van der Waals surface area contributed by atoms with Crippen molar-refractivity contribution in [3.63, 3.8) is 0 Å². The summed E-state index contributed by atoms with van der Waals surface area (Å²) in [4.78, 5) is 4.38. The molecule has 1 aliphatic heterocycles. The molecule has 0 amide bonds. The molecule has 3 aromatic rings. The Morgan fingerprint density at radius 1 is 0.870 bits per heavy atom. The quantitative estimate of drug-likeness (QED) is 0.695. The van der Waals surface area contributed by atoms with Gasteiger partial charge < -0.3 is 9.30 Å². The molecule has 4 heteroatoms. The fourth-order valence-electron chi connectivity index (χ4n) is 2.93. The first-order valence-corrected chi connectivity index (χ1v) is 9.04. The van der Waals surface area contributed by atoms with Gasteiger partial charge in [-0.25, -0.2) is 4.99 Å². The topological polar surface area (TPSA) is 38.7 Å². The second-order valence-corrected chi connectivity index (χ2v) is 7.17. The lowest BCUT2D eigenvalue weighted by Crippen LogP contribution is -2.17. The number of benzene rings is 3. The Bertz CT molecular complexity index is 928. The maximum absolute atomic E-state index is 13.3. The summed E-state index contributed by atoms with van der Waals surface area (Å²) in [6, 6.07) is 21.7. The van der Waals surface area contributed by atoms with E-state index in [0.717, 1.165) is 26.9 Å². The zero-order valence-electron chi connectivity index (χ0n) is 12.5. The molecule has 0 fully saturated rings. The molecule has 0 radical (unpaired) electrons. The van der Waals surface area contributed by atoms with E-state index in [1.807, 2.05) is 66.7 Å². The molecule has 1 unspecified atom stereocenters. The first kappa shape index (κ1) is 14.2. The lowest BCUT2D eigenvalue weighted by Gasteiger charge is -2.11. The monoisotopic (exact) mass is 321 g/mol. The molecule has 0 N–H and O–H groups in total. The van der Waals surface area contributed by atoms with Crippen molar-refractivity contribution < 1.29 is 9.30 Å². The molecule has 3 aromatic carbocycles. The van der Waals surface area contributed by atoms with Crippen LogP contribution < -0.4 is 10.6 Å². The van der Waals surface area contributed by atoms with Gasteiger partial charge in [-0.05, 0) is 16.8 Å². The van der Waals surface area contributed by atoms with Crippen LogP contribution in [0.1, 0.15) is 5.56 Å². The Hall–Kier alpha value is -2.38. The fraction of sp³-hybridized carbons (Fsp3) is 0.105. The van der Waals surface area contributed by atoms with E-state index in [2.05, 4.69) is 4.99 Å². The Labute approximate surface area is 135 Å². The highest BCUT2D eigenvalue weighted by Crippen LogP contribution is 2.27. The molecule has 1 atom stereocenters. The van der Waals surface area contributed by atoms with Gasteiger partial charge in [0, 0.05) is 16.2 Å². The molecule has 1 aliphatic rings. The standard InChI is InChI=1S/C19H16NO2P/c21-23(17-11-5-7-14-6-1-2-8-15(14)17)18-10-4-3-9-16(18)19-20-12-13-22-19/h1-11,23H,12-13H2. The molecular weight excluding hydrogens is 305 g/mol. The molecule has 3 nitrogen and oxygen atoms in total. The SMILES string of the molecule is O=[PH](c1ccccc1C1=NCCO1)c1cccc2ccccc12. The third-order valence-corrected chi connectivity index (χ3v) is 5.87. The minimum atomic E-state index is -2.15. The number of fused-ring (bicyclic) bond motifs is 1. The Morgan fingerprint density at radius 2 is 1.61 bits per heavy atom. The molecule has 1 heterocycles. The van der Waals surface area contributed by atoms with Gasteiger partial charge in [0.15, 0.2) is 0 Å². The molecule has 0 bridgehead atoms. The molecule has 23 heavy (non-hydrogen) atoms. The third kappa shape index (κ3) is 2.58. The highest BCUT2D eigenvalue weighted by molar-refractivity contribution is 7.62. The summed E-state index contributed by atoms with van der Waals surface area (Å²) >= 11 is 0. The average molecular weight is 321 g/mol. The lowest BCUT2D eigenvalue weighted by molar-refractivity contribution is 0.348. The van der Waals surface area contributed by atoms with Crippen LogP contribution in [0.4, 0.5) is 0 Å². The first-order valence-electron chi connectivity index (χ1n) is 7.64. The fourth-order valence-corrected chi connectivity index (χ4v) is 4.63. The summed E-state index contributed by atoms with van der Waals surface area (Å²) in [5.74, 6) is 0.610. The van der Waals surface area contributed by atoms with Crippen LogP contribution in [0.15, 0.2) is 71.7 Å². The summed E-state index contributed by atoms with van der Waals surface area (Å²) in [7, 11) is -2.15. The number of hydrogen-bond acceptors (Lipinski definition) is 3. The van der Waals surface area contributed by atoms with Crippen LogP contribution in [0.2, 0.25) is 0 Å². The van der Waals surface area contributed by atoms with Crippen LogP contribution in [0.5, 0.6) is 0 Å². The Kier molecular flexibility index (Phi) is 3.72. The van der Waals surface area contributed by atoms with Gasteiger partial charge in [-0.15, -0.1) is 0 Å². The number of nitrogens with zero attached hydrogens (tertiary/aromatic N) is 1. The number of aliphatic imine (C=N–C) groups is 1. The second-order valence-electron chi connectivity index (χ2n) is 5.44. The van der Waals surface area contributed by atoms with Crippen molar-refractivity contribution in [3.05, 3.63) is 72.3 Å². The van der Waals surface area contributed by atoms with Gasteiger partial charge in [0.1, 0.15) is 14.4 Å². The summed E-state index contributed by atoms with van der Waals surface area (Å²) in [5, 5.41) is 3.85. The predicted molar refractivity (Wildman–Crippen MR) is 96.0 cm³/mol. The molecule has 4 rings (SSSR count). The van der Waals surface area contributed by atoms with Crippen LogP contribution in [0.3, 0.4) is 0 Å². The van der Waals surface area contributed by atoms with Crippen molar-refractivity contribution in [2.45, 2.75) is 0 Å². The lowest BCUT2D eigenvalue weighted by atomic mass is 10.1. The van der Waals surface area contributed by atoms with E-state index in [0.29, 0.717) is 19.0 Å². The van der Waals surface area contributed by atoms with Gasteiger partial charge in [-0.1, -0.05) is 60.7 Å². The summed E-state index contributed by atoms with van der Waals surface area (Å²) in [6.45, 7) is 1.26. The predicted octanol–water partition coefficient (Wildman–Crippen LogP) is 3.13. The molecule has 0 aromatic heterocycles. The van der Waals surface area contributed by atoms with Crippen molar-refractivity contribution in [2.24, 2.45) is 4.99 Å². The largest absolute Gasteiger partial charge is 0.475 e. The smallest absolute Gasteiger partial charge is 0.217 e. The first-order chi connectivity index (χ1) is 11.3. The zero-order valence-corrected chi connectivity index (χ0v) is 13.5. The van der Waals surface area contributed by atoms with Gasteiger partial charge in [0.25, 0.3) is 0 Å². The highest BCUT2D eigenvalue weighted by atomic mass is 31.1. The summed E-state index contributed by atoms with van der Waals surface area (Å²) < 4.78 is 18.9. The van der Waals surface area contributed by atoms with Gasteiger partial charge in [-0.3, -0.25) is 0 Å². The average Bonchev–Trinajstić information content (AvgIpc) is 3.15. The Balaban J connectivity index is 1.86. The highest BCUT2D eigenvalue weighted by Gasteiger charge is 2.19. The van der Waals surface area contributed by atoms with E-state index in [1.54, 1.807) is 0 Å². The third-order valence-electron chi connectivity index (χ3n) is 4.02. The minimum Gasteiger partial charge on any atom is -0.475 e. The van der Waals surface area contributed by atoms with Crippen molar-refractivity contribution in [1.82, 2.24) is 0 Å². The van der Waals surface area contributed by atoms with Crippen LogP contribution in [-0.4, -0.2) is 19.0 Å². The van der Waals surface area contributed by atoms with Gasteiger partial charge in [0.2, 0.25) is 5.90 Å². The molecule has 0 saturated heterocycles. The minimum absolute atomic E-state index is 0.596. The van der Waals surface area contributed by atoms with E-state index < -0.39 is 7.80 Å². The number of ether oxygens (including phenoxy) is 1. The molecule has 0 aliphatic carbocycles. The van der Waals surface area contributed by atoms with Crippen molar-refractivity contribution in [1.29, 1.82) is 0 Å². The summed E-state index contributed by atoms with van der Waals surface area (Å²) in [5.41, 5.74) is 0.849. The Morgan fingerprint density at radius 3 is 2.48 bits per heavy atom. The number of hydrogen-bond donors (Lipinski definition) is 0. The van der Waals surface area contributed by atoms with Crippen LogP contribution in [0, 0.1) is 0 Å². The summed E-state index contributed by atoms with van der Waals surface area (Å²) in [6.07, 6.45) is 0. The molecular formula is C19H16NO2P. The normalized spacial score (nSPS) is 15.2. The second kappa shape index (κ2) is 6.02.